The molecule has 0 saturated carbocycles. The topological polar surface area (TPSA) is 60.9 Å². The average Bonchev–Trinajstić information content (AvgIpc) is 2.72. The largest absolute Gasteiger partial charge is 0.399 e. The lowest BCUT2D eigenvalue weighted by Crippen LogP contribution is -2.12. The van der Waals surface area contributed by atoms with E-state index in [9.17, 15) is 4.79 Å². The van der Waals surface area contributed by atoms with Gasteiger partial charge in [0.05, 0.1) is 11.2 Å². The molecule has 0 saturated heterocycles. The second-order valence-corrected chi connectivity index (χ2v) is 4.99. The number of nitrogen functional groups attached to an aromatic ring is 1. The molecular formula is C12H11BrClN3O. The number of halogens is 2. The van der Waals surface area contributed by atoms with Gasteiger partial charge in [0.15, 0.2) is 0 Å². The minimum atomic E-state index is -0.196. The number of carbonyl (C=O) groups is 1. The summed E-state index contributed by atoms with van der Waals surface area (Å²) in [6, 6.07) is 5.08. The van der Waals surface area contributed by atoms with E-state index in [1.165, 1.54) is 6.20 Å². The summed E-state index contributed by atoms with van der Waals surface area (Å²) in [5.41, 5.74) is 7.09. The highest BCUT2D eigenvalue weighted by molar-refractivity contribution is 9.10. The number of rotatable bonds is 3. The number of aryl methyl sites for hydroxylation is 1. The number of benzene rings is 1. The van der Waals surface area contributed by atoms with Crippen molar-refractivity contribution in [3.05, 3.63) is 45.1 Å². The molecule has 0 unspecified atom stereocenters. The summed E-state index contributed by atoms with van der Waals surface area (Å²) >= 11 is 9.35. The Morgan fingerprint density at radius 1 is 1.56 bits per heavy atom. The standard InChI is InChI=1S/C12H11BrClN3O/c1-2-17-11(10(14)6-16-17)12(18)8-5-7(15)3-4-9(8)13/h3-6H,2,15H2,1H3. The van der Waals surface area contributed by atoms with Gasteiger partial charge in [-0.25, -0.2) is 0 Å². The Bertz CT molecular complexity index is 609. The summed E-state index contributed by atoms with van der Waals surface area (Å²) in [5.74, 6) is -0.196. The van der Waals surface area contributed by atoms with Crippen molar-refractivity contribution in [2.24, 2.45) is 0 Å². The molecule has 0 fully saturated rings. The number of aromatic nitrogens is 2. The summed E-state index contributed by atoms with van der Waals surface area (Å²) in [6.45, 7) is 2.47. The molecular weight excluding hydrogens is 318 g/mol. The maximum atomic E-state index is 12.5. The van der Waals surface area contributed by atoms with Crippen molar-refractivity contribution >= 4 is 39.0 Å². The molecule has 18 heavy (non-hydrogen) atoms. The predicted molar refractivity (Wildman–Crippen MR) is 74.9 cm³/mol. The van der Waals surface area contributed by atoms with E-state index >= 15 is 0 Å². The summed E-state index contributed by atoms with van der Waals surface area (Å²) in [6.07, 6.45) is 1.47. The SMILES string of the molecule is CCn1ncc(Cl)c1C(=O)c1cc(N)ccc1Br. The van der Waals surface area contributed by atoms with Crippen LogP contribution in [0.3, 0.4) is 0 Å². The van der Waals surface area contributed by atoms with E-state index in [1.54, 1.807) is 22.9 Å². The molecule has 1 aromatic heterocycles. The van der Waals surface area contributed by atoms with E-state index in [4.69, 9.17) is 17.3 Å². The zero-order valence-corrected chi connectivity index (χ0v) is 12.0. The van der Waals surface area contributed by atoms with E-state index in [2.05, 4.69) is 21.0 Å². The quantitative estimate of drug-likeness (QED) is 0.695. The van der Waals surface area contributed by atoms with Crippen LogP contribution in [0.4, 0.5) is 5.69 Å². The van der Waals surface area contributed by atoms with Crippen LogP contribution in [0.2, 0.25) is 5.02 Å². The van der Waals surface area contributed by atoms with Gasteiger partial charge in [-0.1, -0.05) is 27.5 Å². The molecule has 2 rings (SSSR count). The first kappa shape index (κ1) is 13.1. The van der Waals surface area contributed by atoms with Gasteiger partial charge in [-0.05, 0) is 25.1 Å². The van der Waals surface area contributed by atoms with Crippen LogP contribution in [-0.2, 0) is 6.54 Å². The van der Waals surface area contributed by atoms with E-state index in [0.717, 1.165) is 0 Å². The van der Waals surface area contributed by atoms with Crippen LogP contribution in [0.25, 0.3) is 0 Å². The molecule has 0 aliphatic rings. The molecule has 4 nitrogen and oxygen atoms in total. The molecule has 0 atom stereocenters. The van der Waals surface area contributed by atoms with Gasteiger partial charge in [0.2, 0.25) is 5.78 Å². The fourth-order valence-corrected chi connectivity index (χ4v) is 2.33. The van der Waals surface area contributed by atoms with E-state index in [0.29, 0.717) is 33.0 Å². The fourth-order valence-electron chi connectivity index (χ4n) is 1.67. The van der Waals surface area contributed by atoms with Gasteiger partial charge in [-0.3, -0.25) is 9.48 Å². The Morgan fingerprint density at radius 3 is 2.94 bits per heavy atom. The molecule has 94 valence electrons. The number of hydrogen-bond acceptors (Lipinski definition) is 3. The minimum absolute atomic E-state index is 0.196. The molecule has 0 amide bonds. The number of nitrogens with zero attached hydrogens (tertiary/aromatic N) is 2. The van der Waals surface area contributed by atoms with Crippen molar-refractivity contribution in [2.45, 2.75) is 13.5 Å². The van der Waals surface area contributed by atoms with Gasteiger partial charge >= 0.3 is 0 Å². The third-order valence-corrected chi connectivity index (χ3v) is 3.51. The third-order valence-electron chi connectivity index (χ3n) is 2.54. The van der Waals surface area contributed by atoms with Gasteiger partial charge in [-0.15, -0.1) is 0 Å². The molecule has 1 aromatic carbocycles. The second-order valence-electron chi connectivity index (χ2n) is 3.73. The molecule has 0 spiro atoms. The van der Waals surface area contributed by atoms with Crippen molar-refractivity contribution in [2.75, 3.05) is 5.73 Å². The van der Waals surface area contributed by atoms with Gasteiger partial charge in [-0.2, -0.15) is 5.10 Å². The van der Waals surface area contributed by atoms with Crippen LogP contribution in [0, 0.1) is 0 Å². The maximum absolute atomic E-state index is 12.5. The van der Waals surface area contributed by atoms with Crippen LogP contribution in [0.1, 0.15) is 23.0 Å². The van der Waals surface area contributed by atoms with Crippen LogP contribution < -0.4 is 5.73 Å². The fraction of sp³-hybridized carbons (Fsp3) is 0.167. The number of carbonyl (C=O) groups excluding carboxylic acids is 1. The van der Waals surface area contributed by atoms with E-state index in [-0.39, 0.29) is 5.78 Å². The molecule has 0 aliphatic carbocycles. The monoisotopic (exact) mass is 327 g/mol. The molecule has 0 bridgehead atoms. The zero-order chi connectivity index (χ0) is 13.3. The van der Waals surface area contributed by atoms with Crippen LogP contribution >= 0.6 is 27.5 Å². The van der Waals surface area contributed by atoms with E-state index in [1.807, 2.05) is 6.92 Å². The smallest absolute Gasteiger partial charge is 0.213 e. The number of anilines is 1. The summed E-state index contributed by atoms with van der Waals surface area (Å²) in [7, 11) is 0. The molecule has 2 N–H and O–H groups in total. The maximum Gasteiger partial charge on any atom is 0.213 e. The lowest BCUT2D eigenvalue weighted by Gasteiger charge is -2.07. The molecule has 0 radical (unpaired) electrons. The van der Waals surface area contributed by atoms with Gasteiger partial charge < -0.3 is 5.73 Å². The van der Waals surface area contributed by atoms with Crippen molar-refractivity contribution in [1.82, 2.24) is 9.78 Å². The zero-order valence-electron chi connectivity index (χ0n) is 9.65. The van der Waals surface area contributed by atoms with Crippen LogP contribution in [0.15, 0.2) is 28.9 Å². The number of hydrogen-bond donors (Lipinski definition) is 1. The van der Waals surface area contributed by atoms with Crippen molar-refractivity contribution in [1.29, 1.82) is 0 Å². The molecule has 2 aromatic rings. The normalized spacial score (nSPS) is 10.6. The Hall–Kier alpha value is -1.33. The molecule has 0 aliphatic heterocycles. The minimum Gasteiger partial charge on any atom is -0.399 e. The summed E-state index contributed by atoms with van der Waals surface area (Å²) in [4.78, 5) is 12.5. The Labute approximate surface area is 118 Å². The lowest BCUT2D eigenvalue weighted by atomic mass is 10.1. The van der Waals surface area contributed by atoms with Crippen molar-refractivity contribution in [3.8, 4) is 0 Å². The first-order chi connectivity index (χ1) is 8.54. The first-order valence-corrected chi connectivity index (χ1v) is 6.52. The highest BCUT2D eigenvalue weighted by Crippen LogP contribution is 2.25. The van der Waals surface area contributed by atoms with Gasteiger partial charge in [0, 0.05) is 22.3 Å². The molecule has 6 heteroatoms. The van der Waals surface area contributed by atoms with Gasteiger partial charge in [0.25, 0.3) is 0 Å². The number of ketones is 1. The van der Waals surface area contributed by atoms with Crippen LogP contribution in [0.5, 0.6) is 0 Å². The van der Waals surface area contributed by atoms with Crippen LogP contribution in [-0.4, -0.2) is 15.6 Å². The first-order valence-electron chi connectivity index (χ1n) is 5.35. The Balaban J connectivity index is 2.54. The predicted octanol–water partition coefficient (Wildman–Crippen LogP) is 3.13. The Morgan fingerprint density at radius 2 is 2.28 bits per heavy atom. The van der Waals surface area contributed by atoms with Crippen molar-refractivity contribution in [3.63, 3.8) is 0 Å². The highest BCUT2D eigenvalue weighted by atomic mass is 79.9. The molecule has 1 heterocycles. The average molecular weight is 329 g/mol. The van der Waals surface area contributed by atoms with Gasteiger partial charge in [0.1, 0.15) is 5.69 Å². The highest BCUT2D eigenvalue weighted by Gasteiger charge is 2.20. The van der Waals surface area contributed by atoms with Crippen molar-refractivity contribution < 1.29 is 4.79 Å². The lowest BCUT2D eigenvalue weighted by molar-refractivity contribution is 0.102. The van der Waals surface area contributed by atoms with E-state index < -0.39 is 0 Å². The third kappa shape index (κ3) is 2.28. The summed E-state index contributed by atoms with van der Waals surface area (Å²) < 4.78 is 2.25. The Kier molecular flexibility index (Phi) is 3.73. The summed E-state index contributed by atoms with van der Waals surface area (Å²) in [5, 5.41) is 4.39. The number of nitrogens with two attached hydrogens (primary N) is 1. The second kappa shape index (κ2) is 5.12.